The first-order valence-corrected chi connectivity index (χ1v) is 11.5. The van der Waals surface area contributed by atoms with Crippen molar-refractivity contribution in [3.05, 3.63) is 120 Å². The van der Waals surface area contributed by atoms with E-state index in [-0.39, 0.29) is 10.7 Å². The first-order chi connectivity index (χ1) is 16.0. The molecule has 1 heterocycles. The van der Waals surface area contributed by atoms with Crippen molar-refractivity contribution >= 4 is 15.7 Å². The van der Waals surface area contributed by atoms with Crippen LogP contribution in [0.25, 0.3) is 0 Å². The average Bonchev–Trinajstić information content (AvgIpc) is 2.85. The second-order valence-electron chi connectivity index (χ2n) is 7.02. The van der Waals surface area contributed by atoms with E-state index in [4.69, 9.17) is 0 Å². The molecule has 0 fully saturated rings. The summed E-state index contributed by atoms with van der Waals surface area (Å²) in [6, 6.07) is 27.5. The third-order valence-corrected chi connectivity index (χ3v) is 6.27. The minimum Gasteiger partial charge on any atom is -0.229 e. The standard InChI is InChI=1S/C27H19N3O2S/c1-22-12-16-25(17-13-22)33(31,32)30(21-18-27-28-19-7-20-29-27)26-11-6-5-10-24(26)15-14-23-8-3-2-4-9-23/h2-13,16-17,19-20H,1H3. The smallest absolute Gasteiger partial charge is 0.229 e. The molecule has 4 aromatic rings. The highest BCUT2D eigenvalue weighted by Gasteiger charge is 2.25. The summed E-state index contributed by atoms with van der Waals surface area (Å²) in [6.45, 7) is 1.90. The molecule has 0 aliphatic carbocycles. The van der Waals surface area contributed by atoms with Crippen molar-refractivity contribution in [1.29, 1.82) is 0 Å². The quantitative estimate of drug-likeness (QED) is 0.344. The molecule has 1 aromatic heterocycles. The molecule has 3 aromatic carbocycles. The van der Waals surface area contributed by atoms with E-state index in [1.807, 2.05) is 43.3 Å². The molecule has 0 aliphatic rings. The third kappa shape index (κ3) is 5.27. The maximum absolute atomic E-state index is 13.6. The molecule has 6 heteroatoms. The van der Waals surface area contributed by atoms with E-state index >= 15 is 0 Å². The van der Waals surface area contributed by atoms with E-state index in [9.17, 15) is 8.42 Å². The lowest BCUT2D eigenvalue weighted by Gasteiger charge is -2.19. The van der Waals surface area contributed by atoms with Crippen LogP contribution in [-0.4, -0.2) is 18.4 Å². The number of sulfonamides is 1. The Bertz CT molecular complexity index is 1480. The van der Waals surface area contributed by atoms with Crippen molar-refractivity contribution in [1.82, 2.24) is 9.97 Å². The zero-order valence-electron chi connectivity index (χ0n) is 17.8. The van der Waals surface area contributed by atoms with E-state index in [0.717, 1.165) is 15.4 Å². The number of anilines is 1. The Labute approximate surface area is 193 Å². The molecule has 0 N–H and O–H groups in total. The van der Waals surface area contributed by atoms with Gasteiger partial charge in [-0.3, -0.25) is 0 Å². The van der Waals surface area contributed by atoms with Gasteiger partial charge in [-0.15, -0.1) is 0 Å². The SMILES string of the molecule is Cc1ccc(S(=O)(=O)N(C#Cc2ncccn2)c2ccccc2C#Cc2ccccc2)cc1. The highest BCUT2D eigenvalue weighted by Crippen LogP contribution is 2.26. The Morgan fingerprint density at radius 1 is 0.727 bits per heavy atom. The zero-order chi connectivity index (χ0) is 23.1. The van der Waals surface area contributed by atoms with Gasteiger partial charge in [-0.2, -0.15) is 4.31 Å². The lowest BCUT2D eigenvalue weighted by molar-refractivity contribution is 0.596. The fourth-order valence-corrected chi connectivity index (χ4v) is 4.22. The van der Waals surface area contributed by atoms with Crippen LogP contribution in [-0.2, 0) is 10.0 Å². The fraction of sp³-hybridized carbons (Fsp3) is 0.0370. The van der Waals surface area contributed by atoms with E-state index in [0.29, 0.717) is 11.3 Å². The summed E-state index contributed by atoms with van der Waals surface area (Å²) in [5, 5.41) is 0. The molecule has 0 amide bonds. The number of aromatic nitrogens is 2. The molecule has 33 heavy (non-hydrogen) atoms. The summed E-state index contributed by atoms with van der Waals surface area (Å²) in [6.07, 6.45) is 3.10. The van der Waals surface area contributed by atoms with E-state index in [1.165, 1.54) is 0 Å². The van der Waals surface area contributed by atoms with E-state index in [1.54, 1.807) is 60.9 Å². The van der Waals surface area contributed by atoms with Gasteiger partial charge in [0, 0.05) is 24.0 Å². The van der Waals surface area contributed by atoms with Crippen LogP contribution >= 0.6 is 0 Å². The van der Waals surface area contributed by atoms with Crippen LogP contribution in [0.5, 0.6) is 0 Å². The van der Waals surface area contributed by atoms with Gasteiger partial charge in [0.1, 0.15) is 0 Å². The van der Waals surface area contributed by atoms with Crippen LogP contribution in [0.3, 0.4) is 0 Å². The molecule has 0 aliphatic heterocycles. The van der Waals surface area contributed by atoms with Crippen LogP contribution in [0.4, 0.5) is 5.69 Å². The number of para-hydroxylation sites is 1. The molecule has 0 bridgehead atoms. The maximum Gasteiger partial charge on any atom is 0.275 e. The first kappa shape index (κ1) is 21.8. The molecule has 0 radical (unpaired) electrons. The highest BCUT2D eigenvalue weighted by atomic mass is 32.2. The normalized spacial score (nSPS) is 10.3. The van der Waals surface area contributed by atoms with Crippen molar-refractivity contribution in [3.63, 3.8) is 0 Å². The van der Waals surface area contributed by atoms with Crippen LogP contribution in [0.2, 0.25) is 0 Å². The third-order valence-electron chi connectivity index (χ3n) is 4.63. The number of benzene rings is 3. The monoisotopic (exact) mass is 449 g/mol. The molecular formula is C27H19N3O2S. The van der Waals surface area contributed by atoms with Crippen molar-refractivity contribution in [2.45, 2.75) is 11.8 Å². The van der Waals surface area contributed by atoms with Gasteiger partial charge in [0.05, 0.1) is 16.1 Å². The molecule has 0 unspecified atom stereocenters. The molecule has 4 rings (SSSR count). The fourth-order valence-electron chi connectivity index (χ4n) is 2.95. The molecule has 0 saturated heterocycles. The predicted molar refractivity (Wildman–Crippen MR) is 129 cm³/mol. The van der Waals surface area contributed by atoms with Gasteiger partial charge in [-0.1, -0.05) is 59.9 Å². The minimum absolute atomic E-state index is 0.127. The highest BCUT2D eigenvalue weighted by molar-refractivity contribution is 7.93. The molecule has 5 nitrogen and oxygen atoms in total. The Morgan fingerprint density at radius 2 is 1.39 bits per heavy atom. The Morgan fingerprint density at radius 3 is 2.12 bits per heavy atom. The summed E-state index contributed by atoms with van der Waals surface area (Å²) >= 11 is 0. The number of nitrogens with zero attached hydrogens (tertiary/aromatic N) is 3. The topological polar surface area (TPSA) is 63.2 Å². The molecule has 0 saturated carbocycles. The van der Waals surface area contributed by atoms with Gasteiger partial charge in [0.2, 0.25) is 5.82 Å². The van der Waals surface area contributed by atoms with Gasteiger partial charge in [-0.25, -0.2) is 18.4 Å². The summed E-state index contributed by atoms with van der Waals surface area (Å²) in [5.74, 6) is 9.14. The lowest BCUT2D eigenvalue weighted by Crippen LogP contribution is -2.27. The van der Waals surface area contributed by atoms with E-state index < -0.39 is 10.0 Å². The van der Waals surface area contributed by atoms with Crippen molar-refractivity contribution in [2.75, 3.05) is 4.31 Å². The van der Waals surface area contributed by atoms with E-state index in [2.05, 4.69) is 33.8 Å². The second-order valence-corrected chi connectivity index (χ2v) is 8.81. The van der Waals surface area contributed by atoms with Crippen LogP contribution in [0, 0.1) is 30.7 Å². The lowest BCUT2D eigenvalue weighted by atomic mass is 10.1. The number of hydrogen-bond donors (Lipinski definition) is 0. The van der Waals surface area contributed by atoms with Crippen molar-refractivity contribution in [2.24, 2.45) is 0 Å². The Balaban J connectivity index is 1.85. The summed E-state index contributed by atoms with van der Waals surface area (Å²) in [5.41, 5.74) is 2.66. The summed E-state index contributed by atoms with van der Waals surface area (Å²) in [4.78, 5) is 8.28. The molecule has 0 atom stereocenters. The van der Waals surface area contributed by atoms with Gasteiger partial charge in [-0.05, 0) is 55.3 Å². The number of aryl methyl sites for hydroxylation is 1. The molecular weight excluding hydrogens is 430 g/mol. The van der Waals surface area contributed by atoms with Gasteiger partial charge >= 0.3 is 0 Å². The minimum atomic E-state index is -4.01. The van der Waals surface area contributed by atoms with Crippen LogP contribution in [0.1, 0.15) is 22.5 Å². The molecule has 0 spiro atoms. The van der Waals surface area contributed by atoms with Gasteiger partial charge < -0.3 is 0 Å². The van der Waals surface area contributed by atoms with Crippen LogP contribution < -0.4 is 4.31 Å². The second kappa shape index (κ2) is 9.82. The Kier molecular flexibility index (Phi) is 6.50. The van der Waals surface area contributed by atoms with Crippen molar-refractivity contribution in [3.8, 4) is 23.8 Å². The maximum atomic E-state index is 13.6. The Hall–Kier alpha value is -4.39. The average molecular weight is 450 g/mol. The summed E-state index contributed by atoms with van der Waals surface area (Å²) < 4.78 is 28.3. The van der Waals surface area contributed by atoms with Gasteiger partial charge in [0.15, 0.2) is 0 Å². The number of rotatable bonds is 3. The predicted octanol–water partition coefficient (Wildman–Crippen LogP) is 4.39. The number of hydrogen-bond acceptors (Lipinski definition) is 4. The first-order valence-electron chi connectivity index (χ1n) is 10.1. The molecule has 160 valence electrons. The van der Waals surface area contributed by atoms with Crippen LogP contribution in [0.15, 0.2) is 102 Å². The summed E-state index contributed by atoms with van der Waals surface area (Å²) in [7, 11) is -4.01. The van der Waals surface area contributed by atoms with Gasteiger partial charge in [0.25, 0.3) is 10.0 Å². The van der Waals surface area contributed by atoms with Crippen molar-refractivity contribution < 1.29 is 8.42 Å². The zero-order valence-corrected chi connectivity index (χ0v) is 18.6. The largest absolute Gasteiger partial charge is 0.275 e.